The monoisotopic (exact) mass is 306 g/mol. The maximum Gasteiger partial charge on any atom is 0.319 e. The second-order valence-corrected chi connectivity index (χ2v) is 6.19. The first kappa shape index (κ1) is 16.6. The van der Waals surface area contributed by atoms with Gasteiger partial charge in [-0.2, -0.15) is 0 Å². The molecule has 5 heteroatoms. The van der Waals surface area contributed by atoms with E-state index in [1.54, 1.807) is 0 Å². The smallest absolute Gasteiger partial charge is 0.319 e. The van der Waals surface area contributed by atoms with Crippen molar-refractivity contribution in [3.8, 4) is 5.75 Å². The summed E-state index contributed by atoms with van der Waals surface area (Å²) >= 11 is 0. The average molecular weight is 306 g/mol. The van der Waals surface area contributed by atoms with E-state index in [1.807, 2.05) is 38.1 Å². The Balaban J connectivity index is 1.77. The van der Waals surface area contributed by atoms with Crippen LogP contribution in [0.4, 0.5) is 10.5 Å². The second-order valence-electron chi connectivity index (χ2n) is 6.19. The Labute approximate surface area is 132 Å². The molecule has 1 saturated carbocycles. The Morgan fingerprint density at radius 3 is 2.41 bits per heavy atom. The molecule has 0 aromatic heterocycles. The van der Waals surface area contributed by atoms with Gasteiger partial charge in [0.15, 0.2) is 0 Å². The number of urea groups is 1. The van der Waals surface area contributed by atoms with E-state index in [0.717, 1.165) is 37.1 Å². The highest BCUT2D eigenvalue weighted by Gasteiger charge is 2.21. The van der Waals surface area contributed by atoms with Gasteiger partial charge in [-0.25, -0.2) is 4.79 Å². The van der Waals surface area contributed by atoms with Gasteiger partial charge in [-0.15, -0.1) is 0 Å². The summed E-state index contributed by atoms with van der Waals surface area (Å²) in [5.74, 6) is 1.19. The molecule has 1 aliphatic carbocycles. The summed E-state index contributed by atoms with van der Waals surface area (Å²) in [4.78, 5) is 12.0. The molecule has 0 saturated heterocycles. The van der Waals surface area contributed by atoms with Crippen molar-refractivity contribution in [1.82, 2.24) is 5.32 Å². The number of amides is 2. The zero-order chi connectivity index (χ0) is 15.9. The lowest BCUT2D eigenvalue weighted by Crippen LogP contribution is -2.40. The van der Waals surface area contributed by atoms with Crippen LogP contribution >= 0.6 is 0 Å². The van der Waals surface area contributed by atoms with Crippen molar-refractivity contribution in [3.05, 3.63) is 24.3 Å². The fourth-order valence-electron chi connectivity index (χ4n) is 2.73. The number of aliphatic hydroxyl groups excluding tert-OH is 1. The van der Waals surface area contributed by atoms with E-state index in [2.05, 4.69) is 10.6 Å². The molecule has 0 unspecified atom stereocenters. The van der Waals surface area contributed by atoms with E-state index in [0.29, 0.717) is 5.92 Å². The van der Waals surface area contributed by atoms with Gasteiger partial charge in [-0.3, -0.25) is 0 Å². The van der Waals surface area contributed by atoms with E-state index in [9.17, 15) is 4.79 Å². The minimum atomic E-state index is -0.176. The lowest BCUT2D eigenvalue weighted by molar-refractivity contribution is 0.176. The van der Waals surface area contributed by atoms with Crippen LogP contribution in [-0.2, 0) is 0 Å². The molecule has 0 heterocycles. The first-order valence-electron chi connectivity index (χ1n) is 8.02. The molecule has 122 valence electrons. The van der Waals surface area contributed by atoms with Gasteiger partial charge in [-0.05, 0) is 69.7 Å². The molecule has 0 bridgehead atoms. The quantitative estimate of drug-likeness (QED) is 0.782. The number of hydrogen-bond acceptors (Lipinski definition) is 3. The fourth-order valence-corrected chi connectivity index (χ4v) is 2.73. The van der Waals surface area contributed by atoms with E-state index >= 15 is 0 Å². The molecule has 3 N–H and O–H groups in total. The molecule has 0 aliphatic heterocycles. The fraction of sp³-hybridized carbons (Fsp3) is 0.588. The molecule has 1 aliphatic rings. The summed E-state index contributed by atoms with van der Waals surface area (Å²) < 4.78 is 5.57. The molecule has 1 aromatic rings. The van der Waals surface area contributed by atoms with Crippen LogP contribution in [0.15, 0.2) is 24.3 Å². The lowest BCUT2D eigenvalue weighted by Gasteiger charge is -2.27. The third kappa shape index (κ3) is 5.22. The molecule has 2 amide bonds. The zero-order valence-corrected chi connectivity index (χ0v) is 13.3. The number of nitrogens with one attached hydrogen (secondary N) is 2. The van der Waals surface area contributed by atoms with Crippen molar-refractivity contribution >= 4 is 11.7 Å². The number of aliphatic hydroxyl groups is 1. The normalized spacial score (nSPS) is 21.5. The van der Waals surface area contributed by atoms with Crippen LogP contribution in [0, 0.1) is 5.92 Å². The average Bonchev–Trinajstić information content (AvgIpc) is 2.49. The van der Waals surface area contributed by atoms with Crippen LogP contribution in [0.25, 0.3) is 0 Å². The molecular weight excluding hydrogens is 280 g/mol. The maximum absolute atomic E-state index is 12.0. The number of benzene rings is 1. The van der Waals surface area contributed by atoms with Gasteiger partial charge in [0.2, 0.25) is 0 Å². The molecular formula is C17H26N2O3. The van der Waals surface area contributed by atoms with E-state index in [4.69, 9.17) is 9.84 Å². The lowest BCUT2D eigenvalue weighted by atomic mass is 9.87. The maximum atomic E-state index is 12.0. The molecule has 1 aromatic carbocycles. The number of anilines is 1. The molecule has 0 spiro atoms. The summed E-state index contributed by atoms with van der Waals surface area (Å²) in [5, 5.41) is 15.0. The van der Waals surface area contributed by atoms with Crippen molar-refractivity contribution in [2.75, 3.05) is 11.9 Å². The molecule has 22 heavy (non-hydrogen) atoms. The highest BCUT2D eigenvalue weighted by Crippen LogP contribution is 2.24. The number of carbonyl (C=O) groups excluding carboxylic acids is 1. The van der Waals surface area contributed by atoms with Gasteiger partial charge in [0.05, 0.1) is 6.10 Å². The standard InChI is InChI=1S/C17H26N2O3/c1-12(2)22-16-9-7-15(8-10-16)19-17(21)18-14-5-3-13(11-20)4-6-14/h7-10,12-14,20H,3-6,11H2,1-2H3,(H2,18,19,21). The van der Waals surface area contributed by atoms with Crippen LogP contribution < -0.4 is 15.4 Å². The Morgan fingerprint density at radius 2 is 1.86 bits per heavy atom. The molecule has 5 nitrogen and oxygen atoms in total. The Kier molecular flexibility index (Phi) is 6.07. The van der Waals surface area contributed by atoms with E-state index in [1.165, 1.54) is 0 Å². The van der Waals surface area contributed by atoms with Crippen molar-refractivity contribution < 1.29 is 14.6 Å². The third-order valence-corrected chi connectivity index (χ3v) is 3.92. The van der Waals surface area contributed by atoms with Crippen molar-refractivity contribution in [1.29, 1.82) is 0 Å². The number of rotatable bonds is 5. The Morgan fingerprint density at radius 1 is 1.23 bits per heavy atom. The molecule has 0 radical (unpaired) electrons. The topological polar surface area (TPSA) is 70.6 Å². The van der Waals surface area contributed by atoms with Crippen LogP contribution in [-0.4, -0.2) is 29.9 Å². The van der Waals surface area contributed by atoms with Gasteiger partial charge in [0.25, 0.3) is 0 Å². The van der Waals surface area contributed by atoms with Crippen molar-refractivity contribution in [3.63, 3.8) is 0 Å². The van der Waals surface area contributed by atoms with Gasteiger partial charge in [0, 0.05) is 18.3 Å². The summed E-state index contributed by atoms with van der Waals surface area (Å²) in [6.07, 6.45) is 3.95. The number of ether oxygens (including phenoxy) is 1. The van der Waals surface area contributed by atoms with Gasteiger partial charge in [-0.1, -0.05) is 0 Å². The highest BCUT2D eigenvalue weighted by atomic mass is 16.5. The third-order valence-electron chi connectivity index (χ3n) is 3.92. The van der Waals surface area contributed by atoms with Crippen LogP contribution in [0.3, 0.4) is 0 Å². The van der Waals surface area contributed by atoms with Gasteiger partial charge < -0.3 is 20.5 Å². The van der Waals surface area contributed by atoms with E-state index < -0.39 is 0 Å². The van der Waals surface area contributed by atoms with Crippen molar-refractivity contribution in [2.45, 2.75) is 51.7 Å². The summed E-state index contributed by atoms with van der Waals surface area (Å²) in [6, 6.07) is 7.39. The first-order valence-corrected chi connectivity index (χ1v) is 8.02. The minimum absolute atomic E-state index is 0.135. The largest absolute Gasteiger partial charge is 0.491 e. The SMILES string of the molecule is CC(C)Oc1ccc(NC(=O)NC2CCC(CO)CC2)cc1. The molecule has 1 fully saturated rings. The number of hydrogen-bond donors (Lipinski definition) is 3. The van der Waals surface area contributed by atoms with Gasteiger partial charge in [0.1, 0.15) is 5.75 Å². The van der Waals surface area contributed by atoms with Crippen LogP contribution in [0.5, 0.6) is 5.75 Å². The van der Waals surface area contributed by atoms with E-state index in [-0.39, 0.29) is 24.8 Å². The predicted molar refractivity (Wildman–Crippen MR) is 87.2 cm³/mol. The number of carbonyl (C=O) groups is 1. The zero-order valence-electron chi connectivity index (χ0n) is 13.3. The van der Waals surface area contributed by atoms with Gasteiger partial charge >= 0.3 is 6.03 Å². The van der Waals surface area contributed by atoms with Crippen LogP contribution in [0.1, 0.15) is 39.5 Å². The molecule has 2 rings (SSSR count). The van der Waals surface area contributed by atoms with Crippen LogP contribution in [0.2, 0.25) is 0 Å². The first-order chi connectivity index (χ1) is 10.6. The predicted octanol–water partition coefficient (Wildman–Crippen LogP) is 3.15. The van der Waals surface area contributed by atoms with Crippen molar-refractivity contribution in [2.24, 2.45) is 5.92 Å². The Bertz CT molecular complexity index is 465. The molecule has 0 atom stereocenters. The summed E-state index contributed by atoms with van der Waals surface area (Å²) in [7, 11) is 0. The summed E-state index contributed by atoms with van der Waals surface area (Å²) in [5.41, 5.74) is 0.748. The second kappa shape index (κ2) is 8.03. The minimum Gasteiger partial charge on any atom is -0.491 e. The Hall–Kier alpha value is -1.75. The summed E-state index contributed by atoms with van der Waals surface area (Å²) in [6.45, 7) is 4.21. The highest BCUT2D eigenvalue weighted by molar-refractivity contribution is 5.89.